The molecule has 11 rings (SSSR count). The molecule has 0 aliphatic carbocycles. The Kier molecular flexibility index (Phi) is 80.2. The van der Waals surface area contributed by atoms with E-state index in [4.69, 9.17) is 79.4 Å². The Hall–Kier alpha value is -5.69. The molecule has 15 N–H and O–H groups in total. The number of alkyl halides is 2. The van der Waals surface area contributed by atoms with Crippen LogP contribution in [0.25, 0.3) is 0 Å². The minimum atomic E-state index is -0.844. The second-order valence-electron chi connectivity index (χ2n) is 28.4. The van der Waals surface area contributed by atoms with Gasteiger partial charge in [-0.15, -0.1) is 0 Å². The summed E-state index contributed by atoms with van der Waals surface area (Å²) in [6.45, 7) is 12.9. The second-order valence-corrected chi connectivity index (χ2v) is 31.2. The third kappa shape index (κ3) is 53.9. The van der Waals surface area contributed by atoms with Crippen LogP contribution in [0.5, 0.6) is 0 Å². The molecule has 5 aliphatic heterocycles. The summed E-state index contributed by atoms with van der Waals surface area (Å²) in [5, 5.41) is 119. The fraction of sp³-hybridized carbons (Fsp3) is 0.517. The Morgan fingerprint density at radius 2 is 0.805 bits per heavy atom. The Bertz CT molecular complexity index is 3980. The quantitative estimate of drug-likeness (QED) is 0.00281. The molecule has 133 heavy (non-hydrogen) atoms. The molecule has 0 amide bonds. The van der Waals surface area contributed by atoms with Gasteiger partial charge in [-0.2, -0.15) is 4.89 Å². The average Bonchev–Trinajstić information content (AvgIpc) is 1.68. The van der Waals surface area contributed by atoms with Gasteiger partial charge >= 0.3 is 127 Å². The van der Waals surface area contributed by atoms with Gasteiger partial charge in [0.05, 0.1) is 113 Å². The summed E-state index contributed by atoms with van der Waals surface area (Å²) >= 11 is 15.8. The molecule has 12 atom stereocenters. The number of nitro benzene ring substituents is 2. The molecule has 0 spiro atoms. The van der Waals surface area contributed by atoms with Gasteiger partial charge in [-0.1, -0.05) is 123 Å². The Balaban J connectivity index is -0.000000710. The van der Waals surface area contributed by atoms with Crippen LogP contribution < -0.4 is 135 Å². The number of nitrogens with two attached hydrogens (primary N) is 2. The van der Waals surface area contributed by atoms with E-state index in [9.17, 15) is 84.0 Å². The fourth-order valence-electron chi connectivity index (χ4n) is 13.4. The summed E-state index contributed by atoms with van der Waals surface area (Å²) in [5.74, 6) is -2.21. The van der Waals surface area contributed by atoms with E-state index in [1.165, 1.54) is 23.3 Å². The van der Waals surface area contributed by atoms with Gasteiger partial charge in [0.25, 0.3) is 17.8 Å². The van der Waals surface area contributed by atoms with Crippen molar-refractivity contribution < 1.29 is 237 Å². The smallest absolute Gasteiger partial charge is 1.00 e. The summed E-state index contributed by atoms with van der Waals surface area (Å²) in [4.78, 5) is 113. The number of nitrogen functional groups attached to an aromatic ring is 1. The third-order valence-electron chi connectivity index (χ3n) is 19.6. The van der Waals surface area contributed by atoms with Crippen molar-refractivity contribution in [2.45, 2.75) is 201 Å². The zero-order chi connectivity index (χ0) is 98.6. The average molecular weight is 2100 g/mol. The van der Waals surface area contributed by atoms with Crippen LogP contribution in [0, 0.1) is 26.0 Å². The standard InChI is InChI=1S/C17H23NO4.C13H19NO2.C12H16N2O4.C12H18N2O2.C8H12Br2O5.C7H9N.C6H4FNO2.C6H13NO2.C4H4Cl2O2.C2H6O.CH2O3.CH4O.2K.H/c1-3-21-16(19)14-10-11-15(17(20)22-4-2)18(14)12-13-8-6-5-7-9-13;15-9-12-6-7-13(10-16)14(12)8-11-4-2-1-3-5-11;15-7-11-5-6-12(8-16)13(11)9-1-3-10(4-2-9)14(17)18;13-9-1-3-10(4-2-9)14-11(7-15)5-6-12(14)8-16;1-3-13-7(11)5(9)6(10)8(12)15-14-4-2;8-6-7-4-2-1-3-5-7;7-5-1-3-6(4-2-5)8(9)10;8-3-5-1-2-6(4-9)7-5;5-3(7)1-2-4(6)8;1-2-3;2-1-4-3;1-2;;;/h5-9,14-15H,3-4,10-12H2,1-2H3;1-5,12-13,15-16H,6-10H2;1-4,11-12,15-16H,5-8H2;1-4,11-12,15-16H,5-8,13H2;5-6H,3-4H2,1-2H3;1-5H,6,8H2;1-4H;5-9H,1-4H2;1-2H2;3H,2H2,1H3;1,3H;2H,1H3;;;/q;;;;;;;;;;;;2*+1;-1/p-1. The number of nitrogens with one attached hydrogen (secondary N) is 1. The maximum absolute atomic E-state index is 12.2. The summed E-state index contributed by atoms with van der Waals surface area (Å²) in [6.07, 6.45) is 8.72. The molecule has 37 nitrogen and oxygen atoms in total. The molecule has 0 bridgehead atoms. The number of nitro groups is 2. The fourth-order valence-corrected chi connectivity index (χ4v) is 14.2. The number of non-ortho nitro benzene ring substituents is 2. The van der Waals surface area contributed by atoms with Crippen molar-refractivity contribution in [2.24, 2.45) is 5.73 Å². The molecule has 0 radical (unpaired) electrons. The molecule has 0 aromatic heterocycles. The van der Waals surface area contributed by atoms with Crippen LogP contribution in [0.1, 0.15) is 130 Å². The van der Waals surface area contributed by atoms with E-state index in [1.54, 1.807) is 46.8 Å². The van der Waals surface area contributed by atoms with Crippen LogP contribution in [0.4, 0.5) is 32.8 Å². The second kappa shape index (κ2) is 81.2. The first-order chi connectivity index (χ1) is 62.9. The Morgan fingerprint density at radius 1 is 0.489 bits per heavy atom. The van der Waals surface area contributed by atoms with Crippen molar-refractivity contribution in [3.63, 3.8) is 0 Å². The number of carbonyl (C=O) groups excluding carboxylic acids is 7. The van der Waals surface area contributed by atoms with Gasteiger partial charge in [-0.05, 0) is 187 Å². The van der Waals surface area contributed by atoms with Crippen LogP contribution in [-0.2, 0) is 82.1 Å². The van der Waals surface area contributed by atoms with E-state index in [-0.39, 0.29) is 280 Å². The first kappa shape index (κ1) is 131. The van der Waals surface area contributed by atoms with Crippen molar-refractivity contribution in [1.82, 2.24) is 15.1 Å². The van der Waals surface area contributed by atoms with E-state index in [0.29, 0.717) is 39.1 Å². The normalized spacial score (nSPS) is 19.0. The van der Waals surface area contributed by atoms with Crippen LogP contribution >= 0.6 is 55.1 Å². The van der Waals surface area contributed by atoms with Crippen LogP contribution in [0.3, 0.4) is 0 Å². The molecule has 0 saturated carbocycles. The van der Waals surface area contributed by atoms with E-state index in [2.05, 4.69) is 73.8 Å². The molecule has 5 aliphatic rings. The number of esters is 3. The molecular formula is C89H130Br2Cl2FK2N9O28. The van der Waals surface area contributed by atoms with E-state index in [1.807, 2.05) is 113 Å². The number of aliphatic hydroxyl groups excluding tert-OH is 10. The number of likely N-dealkylation sites (tertiary alicyclic amines) is 2. The maximum Gasteiger partial charge on any atom is 1.00 e. The Labute approximate surface area is 889 Å². The zero-order valence-corrected chi connectivity index (χ0v) is 87.4. The molecule has 5 saturated heterocycles. The van der Waals surface area contributed by atoms with Gasteiger partial charge in [0.2, 0.25) is 10.5 Å². The predicted molar refractivity (Wildman–Crippen MR) is 497 cm³/mol. The number of aliphatic hydroxyl groups is 10. The SMILES string of the molecule is CCO.CCOC(=O)C1CCC(C(=O)OCC)N1Cc1ccccc1.CCOOC(=O)C(Br)C(Br)C(=O)OCC.CO.NCc1ccccc1.Nc1ccc(N2C(CO)CCC2CO)cc1.O=C(Cl)CCC(=O)Cl.O=CO[O-].O=[N+]([O-])c1ccc(F)cc1.O=[N+]([O-])c1ccc(N2C(CO)CCC2CO)cc1.OCC1CCC(CO)N1.OCC1CCC(CO)N1Cc1ccccc1.[H-].[K+].[K+]. The molecule has 44 heteroatoms. The molecule has 12 unspecified atom stereocenters. The van der Waals surface area contributed by atoms with Crippen molar-refractivity contribution >= 4 is 124 Å². The van der Waals surface area contributed by atoms with Gasteiger partial charge < -0.3 is 103 Å². The number of carbonyl (C=O) groups is 7. The topological polar surface area (TPSA) is 564 Å². The first-order valence-electron chi connectivity index (χ1n) is 42.2. The van der Waals surface area contributed by atoms with Gasteiger partial charge in [0.1, 0.15) is 27.6 Å². The van der Waals surface area contributed by atoms with E-state index < -0.39 is 47.7 Å². The van der Waals surface area contributed by atoms with E-state index >= 15 is 0 Å². The number of hydrogen-bond acceptors (Lipinski definition) is 35. The van der Waals surface area contributed by atoms with Crippen LogP contribution in [0.15, 0.2) is 164 Å². The molecule has 6 aromatic carbocycles. The Morgan fingerprint density at radius 3 is 1.09 bits per heavy atom. The van der Waals surface area contributed by atoms with E-state index in [0.717, 1.165) is 112 Å². The van der Waals surface area contributed by atoms with Crippen molar-refractivity contribution in [1.29, 1.82) is 0 Å². The van der Waals surface area contributed by atoms with Crippen molar-refractivity contribution in [3.8, 4) is 0 Å². The van der Waals surface area contributed by atoms with Gasteiger partial charge in [0.15, 0.2) is 0 Å². The number of rotatable bonds is 31. The molecule has 6 aromatic rings. The number of ether oxygens (including phenoxy) is 3. The number of benzene rings is 6. The number of anilines is 3. The summed E-state index contributed by atoms with van der Waals surface area (Å²) in [7, 11) is 1.00. The summed E-state index contributed by atoms with van der Waals surface area (Å²) < 4.78 is 27.1. The monoisotopic (exact) mass is 2100 g/mol. The molecule has 5 fully saturated rings. The first-order valence-corrected chi connectivity index (χ1v) is 44.8. The largest absolute Gasteiger partial charge is 1.00 e. The minimum Gasteiger partial charge on any atom is -1.00 e. The molecule has 736 valence electrons. The van der Waals surface area contributed by atoms with Gasteiger partial charge in [-0.3, -0.25) is 63.7 Å². The van der Waals surface area contributed by atoms with Crippen molar-refractivity contribution in [2.75, 3.05) is 109 Å². The number of halogens is 5. The van der Waals surface area contributed by atoms with Crippen molar-refractivity contribution in [3.05, 3.63) is 207 Å². The van der Waals surface area contributed by atoms with Gasteiger partial charge in [-0.25, -0.2) is 9.18 Å². The van der Waals surface area contributed by atoms with Crippen LogP contribution in [-0.4, -0.2) is 275 Å². The number of hydrogen-bond donors (Lipinski definition) is 13. The zero-order valence-electron chi connectivity index (χ0n) is 77.4. The van der Waals surface area contributed by atoms with Gasteiger partial charge in [0, 0.05) is 112 Å². The molecule has 5 heterocycles. The molecular weight excluding hydrogens is 1970 g/mol. The predicted octanol–water partition coefficient (Wildman–Crippen LogP) is 1.66. The minimum absolute atomic E-state index is 0. The summed E-state index contributed by atoms with van der Waals surface area (Å²) in [6, 6.07) is 48.4. The maximum atomic E-state index is 12.2. The third-order valence-corrected chi connectivity index (χ3v) is 22.5. The van der Waals surface area contributed by atoms with Crippen LogP contribution in [0.2, 0.25) is 0 Å². The summed E-state index contributed by atoms with van der Waals surface area (Å²) in [5.41, 5.74) is 17.0. The number of nitrogens with zero attached hydrogens (tertiary/aromatic N) is 6.